The zero-order valence-corrected chi connectivity index (χ0v) is 19.1. The molecule has 0 unspecified atom stereocenters. The highest BCUT2D eigenvalue weighted by molar-refractivity contribution is 5.81. The van der Waals surface area contributed by atoms with Crippen molar-refractivity contribution in [2.24, 2.45) is 0 Å². The van der Waals surface area contributed by atoms with E-state index in [-0.39, 0.29) is 5.60 Å². The Morgan fingerprint density at radius 1 is 0.667 bits per heavy atom. The predicted molar refractivity (Wildman–Crippen MR) is 137 cm³/mol. The molecule has 4 aromatic carbocycles. The van der Waals surface area contributed by atoms with Crippen molar-refractivity contribution in [1.82, 2.24) is 0 Å². The summed E-state index contributed by atoms with van der Waals surface area (Å²) in [7, 11) is 0. The van der Waals surface area contributed by atoms with E-state index in [1.54, 1.807) is 6.08 Å². The van der Waals surface area contributed by atoms with Crippen molar-refractivity contribution in [3.8, 4) is 22.3 Å². The van der Waals surface area contributed by atoms with Crippen LogP contribution in [0.2, 0.25) is 0 Å². The summed E-state index contributed by atoms with van der Waals surface area (Å²) in [5.41, 5.74) is 13.7. The van der Waals surface area contributed by atoms with Gasteiger partial charge in [-0.1, -0.05) is 91.0 Å². The minimum atomic E-state index is -0.319. The third kappa shape index (κ3) is 2.96. The number of ether oxygens (including phenoxy) is 1. The van der Waals surface area contributed by atoms with Crippen molar-refractivity contribution < 1.29 is 4.74 Å². The number of allylic oxidation sites excluding steroid dienone is 1. The van der Waals surface area contributed by atoms with Crippen molar-refractivity contribution in [1.29, 1.82) is 0 Å². The van der Waals surface area contributed by atoms with Crippen LogP contribution >= 0.6 is 0 Å². The van der Waals surface area contributed by atoms with Gasteiger partial charge >= 0.3 is 0 Å². The maximum Gasteiger partial charge on any atom is 0.121 e. The van der Waals surface area contributed by atoms with Gasteiger partial charge in [0, 0.05) is 6.42 Å². The molecule has 1 aliphatic heterocycles. The maximum atomic E-state index is 6.54. The van der Waals surface area contributed by atoms with Crippen LogP contribution < -0.4 is 0 Å². The van der Waals surface area contributed by atoms with E-state index >= 15 is 0 Å². The van der Waals surface area contributed by atoms with Gasteiger partial charge in [-0.25, -0.2) is 0 Å². The van der Waals surface area contributed by atoms with Gasteiger partial charge in [-0.05, 0) is 75.4 Å². The van der Waals surface area contributed by atoms with Gasteiger partial charge in [-0.3, -0.25) is 0 Å². The molecule has 0 radical (unpaired) electrons. The molecular weight excluding hydrogens is 400 g/mol. The number of hydrogen-bond acceptors (Lipinski definition) is 1. The summed E-state index contributed by atoms with van der Waals surface area (Å²) in [5.74, 6) is 0. The van der Waals surface area contributed by atoms with Crippen LogP contribution in [0.3, 0.4) is 0 Å². The van der Waals surface area contributed by atoms with Crippen LogP contribution in [0.15, 0.2) is 97.6 Å². The summed E-state index contributed by atoms with van der Waals surface area (Å²) >= 11 is 0. The van der Waals surface area contributed by atoms with Gasteiger partial charge in [0.1, 0.15) is 5.60 Å². The van der Waals surface area contributed by atoms with Crippen LogP contribution in [0.25, 0.3) is 22.3 Å². The number of fused-ring (bicyclic) bond motifs is 6. The summed E-state index contributed by atoms with van der Waals surface area (Å²) in [6, 6.07) is 31.3. The second-order valence-corrected chi connectivity index (χ2v) is 9.16. The fourth-order valence-electron chi connectivity index (χ4n) is 5.95. The monoisotopic (exact) mass is 428 g/mol. The average Bonchev–Trinajstić information content (AvgIpc) is 3.38. The third-order valence-electron chi connectivity index (χ3n) is 7.37. The van der Waals surface area contributed by atoms with Gasteiger partial charge in [-0.2, -0.15) is 0 Å². The predicted octanol–water partition coefficient (Wildman–Crippen LogP) is 7.69. The molecule has 1 saturated heterocycles. The van der Waals surface area contributed by atoms with Crippen molar-refractivity contribution in [2.45, 2.75) is 31.8 Å². The lowest BCUT2D eigenvalue weighted by Gasteiger charge is -2.45. The topological polar surface area (TPSA) is 9.23 Å². The molecule has 0 spiro atoms. The van der Waals surface area contributed by atoms with Gasteiger partial charge in [0.2, 0.25) is 0 Å². The Bertz CT molecular complexity index is 1270. The van der Waals surface area contributed by atoms with Gasteiger partial charge in [0.25, 0.3) is 0 Å². The summed E-state index contributed by atoms with van der Waals surface area (Å²) in [4.78, 5) is 0. The molecule has 0 amide bonds. The molecule has 1 heteroatoms. The highest BCUT2D eigenvalue weighted by Crippen LogP contribution is 2.52. The maximum absolute atomic E-state index is 6.54. The second-order valence-electron chi connectivity index (χ2n) is 9.16. The number of rotatable bonds is 2. The summed E-state index contributed by atoms with van der Waals surface area (Å²) < 4.78 is 6.54. The van der Waals surface area contributed by atoms with E-state index in [1.807, 2.05) is 6.92 Å². The summed E-state index contributed by atoms with van der Waals surface area (Å²) in [5, 5.41) is 0. The Kier molecular flexibility index (Phi) is 4.81. The zero-order chi connectivity index (χ0) is 22.4. The Morgan fingerprint density at radius 3 is 1.52 bits per heavy atom. The van der Waals surface area contributed by atoms with Crippen LogP contribution in [0.1, 0.15) is 46.7 Å². The SMILES string of the molecule is C=CC.c1ccc2c(c1)Cc1c-2cccc1C1(c2cccc3c2Cc2ccccc2-3)CCO1. The minimum absolute atomic E-state index is 0.319. The molecule has 0 atom stereocenters. The van der Waals surface area contributed by atoms with Gasteiger partial charge < -0.3 is 4.74 Å². The lowest BCUT2D eigenvalue weighted by molar-refractivity contribution is -0.124. The third-order valence-corrected chi connectivity index (χ3v) is 7.37. The average molecular weight is 429 g/mol. The molecule has 33 heavy (non-hydrogen) atoms. The van der Waals surface area contributed by atoms with Crippen molar-refractivity contribution in [3.05, 3.63) is 131 Å². The van der Waals surface area contributed by atoms with Crippen LogP contribution in [0.4, 0.5) is 0 Å². The molecule has 3 aliphatic rings. The summed E-state index contributed by atoms with van der Waals surface area (Å²) in [6.07, 6.45) is 4.80. The van der Waals surface area contributed by atoms with E-state index in [1.165, 1.54) is 55.6 Å². The molecule has 4 aromatic rings. The molecule has 1 nitrogen and oxygen atoms in total. The summed E-state index contributed by atoms with van der Waals surface area (Å²) in [6.45, 7) is 6.08. The zero-order valence-electron chi connectivity index (χ0n) is 19.1. The van der Waals surface area contributed by atoms with E-state index in [9.17, 15) is 0 Å². The lowest BCUT2D eigenvalue weighted by Crippen LogP contribution is -2.43. The first-order valence-corrected chi connectivity index (χ1v) is 11.9. The highest BCUT2D eigenvalue weighted by atomic mass is 16.5. The molecule has 0 saturated carbocycles. The molecule has 162 valence electrons. The van der Waals surface area contributed by atoms with Crippen LogP contribution in [0, 0.1) is 0 Å². The van der Waals surface area contributed by atoms with Crippen molar-refractivity contribution in [2.75, 3.05) is 6.61 Å². The molecule has 7 rings (SSSR count). The Balaban J connectivity index is 0.000000655. The minimum Gasteiger partial charge on any atom is -0.365 e. The van der Waals surface area contributed by atoms with Gasteiger partial charge in [0.05, 0.1) is 6.61 Å². The first-order chi connectivity index (χ1) is 16.3. The quantitative estimate of drug-likeness (QED) is 0.257. The van der Waals surface area contributed by atoms with E-state index in [2.05, 4.69) is 91.5 Å². The van der Waals surface area contributed by atoms with E-state index in [0.29, 0.717) is 0 Å². The fourth-order valence-corrected chi connectivity index (χ4v) is 5.95. The normalized spacial score (nSPS) is 15.8. The molecule has 2 aliphatic carbocycles. The Hall–Kier alpha value is -3.42. The molecule has 1 heterocycles. The first kappa shape index (κ1) is 20.2. The lowest BCUT2D eigenvalue weighted by atomic mass is 9.74. The van der Waals surface area contributed by atoms with Crippen LogP contribution in [-0.2, 0) is 23.2 Å². The Morgan fingerprint density at radius 2 is 1.09 bits per heavy atom. The van der Waals surface area contributed by atoms with E-state index < -0.39 is 0 Å². The van der Waals surface area contributed by atoms with Crippen LogP contribution in [0.5, 0.6) is 0 Å². The second kappa shape index (κ2) is 7.86. The van der Waals surface area contributed by atoms with Gasteiger partial charge in [0.15, 0.2) is 0 Å². The van der Waals surface area contributed by atoms with E-state index in [4.69, 9.17) is 4.74 Å². The fraction of sp³-hybridized carbons (Fsp3) is 0.188. The number of benzene rings is 4. The standard InChI is InChI=1S/C29H22O.C3H6/c1-3-9-21-19(7-1)17-25-23(21)11-5-13-27(25)29(15-16-30-29)28-14-6-12-24-22-10-4-2-8-20(22)18-26(24)28;1-3-2/h1-14H,15-18H2;3H,1H2,2H3. The molecule has 0 aromatic heterocycles. The van der Waals surface area contributed by atoms with E-state index in [0.717, 1.165) is 25.9 Å². The Labute approximate surface area is 196 Å². The number of hydrogen-bond donors (Lipinski definition) is 0. The highest BCUT2D eigenvalue weighted by Gasteiger charge is 2.46. The van der Waals surface area contributed by atoms with Crippen molar-refractivity contribution >= 4 is 0 Å². The molecule has 1 fully saturated rings. The van der Waals surface area contributed by atoms with Crippen LogP contribution in [-0.4, -0.2) is 6.61 Å². The first-order valence-electron chi connectivity index (χ1n) is 11.9. The molecule has 0 N–H and O–H groups in total. The molecule has 0 bridgehead atoms. The van der Waals surface area contributed by atoms with Gasteiger partial charge in [-0.15, -0.1) is 6.58 Å². The smallest absolute Gasteiger partial charge is 0.121 e. The molecular formula is C32H28O. The largest absolute Gasteiger partial charge is 0.365 e. The van der Waals surface area contributed by atoms with Crippen molar-refractivity contribution in [3.63, 3.8) is 0 Å².